The molecule has 0 aliphatic carbocycles. The van der Waals surface area contributed by atoms with E-state index >= 15 is 0 Å². The van der Waals surface area contributed by atoms with Gasteiger partial charge in [0.05, 0.1) is 30.1 Å². The summed E-state index contributed by atoms with van der Waals surface area (Å²) >= 11 is 0. The molecule has 0 amide bonds. The summed E-state index contributed by atoms with van der Waals surface area (Å²) in [5.74, 6) is -0.301. The van der Waals surface area contributed by atoms with Crippen LogP contribution in [0.2, 0.25) is 0 Å². The van der Waals surface area contributed by atoms with Gasteiger partial charge in [0.15, 0.2) is 6.73 Å². The number of ether oxygens (including phenoxy) is 1. The first-order chi connectivity index (χ1) is 10.6. The Labute approximate surface area is 127 Å². The minimum atomic E-state index is -0.977. The number of carboxylic acids is 1. The highest BCUT2D eigenvalue weighted by Crippen LogP contribution is 2.33. The number of rotatable bonds is 3. The summed E-state index contributed by atoms with van der Waals surface area (Å²) in [4.78, 5) is 17.4. The monoisotopic (exact) mass is 300 g/mol. The maximum atomic E-state index is 11.4. The quantitative estimate of drug-likeness (QED) is 0.901. The maximum Gasteiger partial charge on any atom is 0.337 e. The van der Waals surface area contributed by atoms with Crippen LogP contribution >= 0.6 is 0 Å². The molecule has 3 rings (SSSR count). The minimum Gasteiger partial charge on any atom is -0.478 e. The summed E-state index contributed by atoms with van der Waals surface area (Å²) in [7, 11) is 0. The number of aliphatic hydroxyl groups excluding tert-OH is 1. The van der Waals surface area contributed by atoms with Crippen molar-refractivity contribution in [2.24, 2.45) is 0 Å². The molecule has 0 fully saturated rings. The van der Waals surface area contributed by atoms with Crippen LogP contribution < -0.4 is 9.64 Å². The molecular weight excluding hydrogens is 284 g/mol. The van der Waals surface area contributed by atoms with Crippen molar-refractivity contribution in [2.45, 2.75) is 20.1 Å². The second-order valence-corrected chi connectivity index (χ2v) is 5.13. The Balaban J connectivity index is 2.02. The normalized spacial score (nSPS) is 13.5. The average molecular weight is 300 g/mol. The fourth-order valence-corrected chi connectivity index (χ4v) is 2.64. The molecular formula is C16H16N2O4. The lowest BCUT2D eigenvalue weighted by atomic mass is 10.1. The van der Waals surface area contributed by atoms with E-state index < -0.39 is 5.97 Å². The van der Waals surface area contributed by atoms with Gasteiger partial charge in [0, 0.05) is 17.3 Å². The molecule has 0 unspecified atom stereocenters. The SMILES string of the molecule is Cc1ncc(CO)c2c1OCN(c1ccccc1C(=O)O)C2. The molecule has 2 N–H and O–H groups in total. The van der Waals surface area contributed by atoms with Crippen molar-refractivity contribution in [1.29, 1.82) is 0 Å². The number of carboxylic acid groups (broad SMARTS) is 1. The molecule has 0 saturated heterocycles. The average Bonchev–Trinajstić information content (AvgIpc) is 2.55. The highest BCUT2D eigenvalue weighted by Gasteiger charge is 2.25. The number of aromatic carboxylic acids is 1. The number of benzene rings is 1. The first-order valence-corrected chi connectivity index (χ1v) is 6.90. The molecule has 1 aliphatic rings. The fraction of sp³-hybridized carbons (Fsp3) is 0.250. The number of anilines is 1. The predicted octanol–water partition coefficient (Wildman–Crippen LogP) is 1.94. The summed E-state index contributed by atoms with van der Waals surface area (Å²) in [5.41, 5.74) is 3.13. The van der Waals surface area contributed by atoms with E-state index in [9.17, 15) is 15.0 Å². The number of aromatic nitrogens is 1. The lowest BCUT2D eigenvalue weighted by Crippen LogP contribution is -2.34. The topological polar surface area (TPSA) is 82.9 Å². The Hall–Kier alpha value is -2.60. The number of nitrogens with zero attached hydrogens (tertiary/aromatic N) is 2. The molecule has 1 aromatic carbocycles. The van der Waals surface area contributed by atoms with Crippen LogP contribution in [0, 0.1) is 6.92 Å². The molecule has 114 valence electrons. The lowest BCUT2D eigenvalue weighted by Gasteiger charge is -2.33. The number of para-hydroxylation sites is 1. The van der Waals surface area contributed by atoms with Gasteiger partial charge < -0.3 is 19.8 Å². The van der Waals surface area contributed by atoms with Gasteiger partial charge in [0.25, 0.3) is 0 Å². The smallest absolute Gasteiger partial charge is 0.337 e. The maximum absolute atomic E-state index is 11.4. The molecule has 1 aromatic heterocycles. The van der Waals surface area contributed by atoms with E-state index in [-0.39, 0.29) is 18.9 Å². The third-order valence-corrected chi connectivity index (χ3v) is 3.76. The summed E-state index contributed by atoms with van der Waals surface area (Å²) in [6.07, 6.45) is 1.63. The minimum absolute atomic E-state index is 0.132. The molecule has 22 heavy (non-hydrogen) atoms. The van der Waals surface area contributed by atoms with Gasteiger partial charge >= 0.3 is 5.97 Å². The number of fused-ring (bicyclic) bond motifs is 1. The Morgan fingerprint density at radius 2 is 2.18 bits per heavy atom. The Bertz CT molecular complexity index is 730. The molecule has 0 bridgehead atoms. The Kier molecular flexibility index (Phi) is 3.68. The second-order valence-electron chi connectivity index (χ2n) is 5.13. The predicted molar refractivity (Wildman–Crippen MR) is 80.0 cm³/mol. The highest BCUT2D eigenvalue weighted by atomic mass is 16.5. The number of carbonyl (C=O) groups is 1. The van der Waals surface area contributed by atoms with Crippen LogP contribution in [0.1, 0.15) is 27.2 Å². The molecule has 0 spiro atoms. The van der Waals surface area contributed by atoms with Gasteiger partial charge in [-0.05, 0) is 19.1 Å². The Morgan fingerprint density at radius 3 is 2.91 bits per heavy atom. The summed E-state index contributed by atoms with van der Waals surface area (Å²) in [6, 6.07) is 6.81. The second kappa shape index (κ2) is 5.65. The van der Waals surface area contributed by atoms with Gasteiger partial charge in [-0.3, -0.25) is 4.98 Å². The third kappa shape index (κ3) is 2.37. The van der Waals surface area contributed by atoms with Gasteiger partial charge in [0.1, 0.15) is 5.75 Å². The van der Waals surface area contributed by atoms with Crippen molar-refractivity contribution >= 4 is 11.7 Å². The lowest BCUT2D eigenvalue weighted by molar-refractivity contribution is 0.0697. The van der Waals surface area contributed by atoms with Crippen molar-refractivity contribution in [3.05, 3.63) is 52.8 Å². The van der Waals surface area contributed by atoms with E-state index in [1.54, 1.807) is 30.5 Å². The zero-order valence-corrected chi connectivity index (χ0v) is 12.1. The van der Waals surface area contributed by atoms with Crippen LogP contribution in [0.4, 0.5) is 5.69 Å². The van der Waals surface area contributed by atoms with Crippen LogP contribution in [0.25, 0.3) is 0 Å². The molecule has 2 aromatic rings. The number of hydrogen-bond acceptors (Lipinski definition) is 5. The van der Waals surface area contributed by atoms with Crippen molar-refractivity contribution < 1.29 is 19.7 Å². The number of hydrogen-bond donors (Lipinski definition) is 2. The molecule has 6 heteroatoms. The molecule has 0 saturated carbocycles. The van der Waals surface area contributed by atoms with E-state index in [2.05, 4.69) is 4.98 Å². The van der Waals surface area contributed by atoms with Gasteiger partial charge in [0.2, 0.25) is 0 Å². The number of aryl methyl sites for hydroxylation is 1. The van der Waals surface area contributed by atoms with Crippen LogP contribution in [0.3, 0.4) is 0 Å². The first kappa shape index (κ1) is 14.3. The Morgan fingerprint density at radius 1 is 1.41 bits per heavy atom. The number of pyridine rings is 1. The van der Waals surface area contributed by atoms with Crippen LogP contribution in [-0.4, -0.2) is 27.9 Å². The van der Waals surface area contributed by atoms with Crippen molar-refractivity contribution in [1.82, 2.24) is 4.98 Å². The van der Waals surface area contributed by atoms with Gasteiger partial charge in [-0.1, -0.05) is 12.1 Å². The molecule has 6 nitrogen and oxygen atoms in total. The van der Waals surface area contributed by atoms with Crippen LogP contribution in [0.5, 0.6) is 5.75 Å². The largest absolute Gasteiger partial charge is 0.478 e. The van der Waals surface area contributed by atoms with E-state index in [4.69, 9.17) is 4.74 Å². The van der Waals surface area contributed by atoms with Gasteiger partial charge in [-0.15, -0.1) is 0 Å². The number of aliphatic hydroxyl groups is 1. The van der Waals surface area contributed by atoms with Crippen molar-refractivity contribution in [2.75, 3.05) is 11.6 Å². The summed E-state index contributed by atoms with van der Waals surface area (Å²) in [6.45, 7) is 2.43. The van der Waals surface area contributed by atoms with Gasteiger partial charge in [-0.25, -0.2) is 4.79 Å². The zero-order chi connectivity index (χ0) is 15.7. The van der Waals surface area contributed by atoms with Crippen molar-refractivity contribution in [3.8, 4) is 5.75 Å². The molecule has 2 heterocycles. The van der Waals surface area contributed by atoms with Crippen LogP contribution in [0.15, 0.2) is 30.5 Å². The molecule has 1 aliphatic heterocycles. The molecule has 0 radical (unpaired) electrons. The van der Waals surface area contributed by atoms with Crippen molar-refractivity contribution in [3.63, 3.8) is 0 Å². The summed E-state index contributed by atoms with van der Waals surface area (Å²) in [5, 5.41) is 18.8. The fourth-order valence-electron chi connectivity index (χ4n) is 2.64. The zero-order valence-electron chi connectivity index (χ0n) is 12.1. The van der Waals surface area contributed by atoms with Gasteiger partial charge in [-0.2, -0.15) is 0 Å². The third-order valence-electron chi connectivity index (χ3n) is 3.76. The summed E-state index contributed by atoms with van der Waals surface area (Å²) < 4.78 is 5.76. The van der Waals surface area contributed by atoms with E-state index in [1.807, 2.05) is 11.8 Å². The first-order valence-electron chi connectivity index (χ1n) is 6.90. The molecule has 0 atom stereocenters. The van der Waals surface area contributed by atoms with E-state index in [0.717, 1.165) is 11.3 Å². The standard InChI is InChI=1S/C16H16N2O4/c1-10-15-13(11(8-19)6-17-10)7-18(9-22-15)14-5-3-2-4-12(14)16(20)21/h2-6,19H,7-9H2,1H3,(H,20,21). The van der Waals surface area contributed by atoms with E-state index in [0.29, 0.717) is 23.5 Å². The highest BCUT2D eigenvalue weighted by molar-refractivity contribution is 5.94. The van der Waals surface area contributed by atoms with E-state index in [1.165, 1.54) is 0 Å². The van der Waals surface area contributed by atoms with Crippen LogP contribution in [-0.2, 0) is 13.2 Å².